The number of alkyl halides is 2. The zero-order valence-corrected chi connectivity index (χ0v) is 12.8. The van der Waals surface area contributed by atoms with Crippen LogP contribution in [0.15, 0.2) is 30.6 Å². The van der Waals surface area contributed by atoms with E-state index in [1.807, 2.05) is 0 Å². The van der Waals surface area contributed by atoms with Crippen LogP contribution in [0.1, 0.15) is 12.5 Å². The van der Waals surface area contributed by atoms with Gasteiger partial charge in [0.25, 0.3) is 0 Å². The lowest BCUT2D eigenvalue weighted by molar-refractivity contribution is -0.0504. The number of imidazole rings is 1. The third kappa shape index (κ3) is 3.19. The van der Waals surface area contributed by atoms with Crippen molar-refractivity contribution in [1.29, 1.82) is 0 Å². The van der Waals surface area contributed by atoms with Gasteiger partial charge in [-0.15, -0.1) is 0 Å². The monoisotopic (exact) mass is 335 g/mol. The van der Waals surface area contributed by atoms with Crippen LogP contribution < -0.4 is 15.2 Å². The van der Waals surface area contributed by atoms with Crippen LogP contribution in [0.3, 0.4) is 0 Å². The Labute approximate surface area is 136 Å². The fraction of sp³-hybridized carbons (Fsp3) is 0.267. The summed E-state index contributed by atoms with van der Waals surface area (Å²) >= 11 is 0. The Bertz CT molecular complexity index is 853. The highest BCUT2D eigenvalue weighted by Crippen LogP contribution is 2.24. The highest BCUT2D eigenvalue weighted by molar-refractivity contribution is 5.82. The fourth-order valence-electron chi connectivity index (χ4n) is 2.28. The van der Waals surface area contributed by atoms with Gasteiger partial charge in [0.1, 0.15) is 5.75 Å². The fourth-order valence-corrected chi connectivity index (χ4v) is 2.28. The highest BCUT2D eigenvalue weighted by atomic mass is 19.3. The van der Waals surface area contributed by atoms with Gasteiger partial charge in [-0.3, -0.25) is 0 Å². The summed E-state index contributed by atoms with van der Waals surface area (Å²) in [6.07, 6.45) is 1.52. The first-order valence-corrected chi connectivity index (χ1v) is 7.22. The van der Waals surface area contributed by atoms with Crippen LogP contribution in [0, 0.1) is 0 Å². The minimum Gasteiger partial charge on any atom is -0.464 e. The Morgan fingerprint density at radius 3 is 2.79 bits per heavy atom. The molecule has 2 N–H and O–H groups in total. The van der Waals surface area contributed by atoms with Crippen LogP contribution in [-0.4, -0.2) is 32.7 Å². The van der Waals surface area contributed by atoms with E-state index in [2.05, 4.69) is 19.7 Å². The number of rotatable bonds is 6. The predicted octanol–water partition coefficient (Wildman–Crippen LogP) is 2.46. The zero-order valence-electron chi connectivity index (χ0n) is 12.8. The first-order chi connectivity index (χ1) is 11.6. The van der Waals surface area contributed by atoms with E-state index in [4.69, 9.17) is 10.5 Å². The van der Waals surface area contributed by atoms with E-state index >= 15 is 0 Å². The predicted molar refractivity (Wildman–Crippen MR) is 83.1 cm³/mol. The minimum absolute atomic E-state index is 0.0985. The topological polar surface area (TPSA) is 88.1 Å². The van der Waals surface area contributed by atoms with Crippen LogP contribution in [0.5, 0.6) is 11.8 Å². The van der Waals surface area contributed by atoms with Crippen molar-refractivity contribution < 1.29 is 18.3 Å². The van der Waals surface area contributed by atoms with Gasteiger partial charge >= 0.3 is 12.6 Å². The molecular weight excluding hydrogens is 320 g/mol. The molecular formula is C15H15F2N5O2. The second-order valence-electron chi connectivity index (χ2n) is 4.86. The van der Waals surface area contributed by atoms with E-state index in [1.54, 1.807) is 29.7 Å². The molecule has 0 aliphatic heterocycles. The van der Waals surface area contributed by atoms with E-state index in [1.165, 1.54) is 12.4 Å². The van der Waals surface area contributed by atoms with E-state index < -0.39 is 6.61 Å². The average Bonchev–Trinajstić information content (AvgIpc) is 2.93. The quantitative estimate of drug-likeness (QED) is 0.744. The SMILES string of the molecule is CCOc1nc(N)c2ncn(Cc3ccccc3OC(F)F)c2n1. The minimum atomic E-state index is -2.90. The van der Waals surface area contributed by atoms with Crippen molar-refractivity contribution in [2.24, 2.45) is 0 Å². The first-order valence-electron chi connectivity index (χ1n) is 7.22. The zero-order chi connectivity index (χ0) is 17.1. The molecule has 3 aromatic rings. The molecule has 0 amide bonds. The summed E-state index contributed by atoms with van der Waals surface area (Å²) in [5, 5.41) is 0. The summed E-state index contributed by atoms with van der Waals surface area (Å²) < 4.78 is 36.5. The molecule has 2 aromatic heterocycles. The maximum absolute atomic E-state index is 12.5. The molecule has 2 heterocycles. The van der Waals surface area contributed by atoms with Crippen molar-refractivity contribution in [1.82, 2.24) is 19.5 Å². The second kappa shape index (κ2) is 6.65. The van der Waals surface area contributed by atoms with Crippen molar-refractivity contribution in [3.8, 4) is 11.8 Å². The lowest BCUT2D eigenvalue weighted by atomic mass is 10.2. The first kappa shape index (κ1) is 15.9. The van der Waals surface area contributed by atoms with Gasteiger partial charge in [-0.05, 0) is 13.0 Å². The summed E-state index contributed by atoms with van der Waals surface area (Å²) in [5.74, 6) is 0.292. The summed E-state index contributed by atoms with van der Waals surface area (Å²) in [6.45, 7) is -0.460. The van der Waals surface area contributed by atoms with E-state index in [0.29, 0.717) is 23.3 Å². The molecule has 0 radical (unpaired) electrons. The van der Waals surface area contributed by atoms with Gasteiger partial charge in [0, 0.05) is 5.56 Å². The van der Waals surface area contributed by atoms with Crippen LogP contribution >= 0.6 is 0 Å². The number of nitrogen functional groups attached to an aromatic ring is 1. The molecule has 1 aromatic carbocycles. The number of halogens is 2. The smallest absolute Gasteiger partial charge is 0.387 e. The van der Waals surface area contributed by atoms with Gasteiger partial charge in [0.2, 0.25) is 0 Å². The third-order valence-electron chi connectivity index (χ3n) is 3.27. The van der Waals surface area contributed by atoms with Gasteiger partial charge in [-0.2, -0.15) is 18.7 Å². The second-order valence-corrected chi connectivity index (χ2v) is 4.86. The van der Waals surface area contributed by atoms with Gasteiger partial charge in [0.15, 0.2) is 17.0 Å². The summed E-state index contributed by atoms with van der Waals surface area (Å²) in [5.41, 5.74) is 7.30. The van der Waals surface area contributed by atoms with Crippen molar-refractivity contribution in [3.63, 3.8) is 0 Å². The number of aromatic nitrogens is 4. The van der Waals surface area contributed by atoms with Crippen molar-refractivity contribution in [2.75, 3.05) is 12.3 Å². The molecule has 0 unspecified atom stereocenters. The number of nitrogens with zero attached hydrogens (tertiary/aromatic N) is 4. The molecule has 0 saturated heterocycles. The molecule has 0 atom stereocenters. The molecule has 0 saturated carbocycles. The van der Waals surface area contributed by atoms with E-state index in [9.17, 15) is 8.78 Å². The van der Waals surface area contributed by atoms with Crippen LogP contribution in [0.2, 0.25) is 0 Å². The Kier molecular flexibility index (Phi) is 4.41. The number of ether oxygens (including phenoxy) is 2. The van der Waals surface area contributed by atoms with E-state index in [-0.39, 0.29) is 24.1 Å². The van der Waals surface area contributed by atoms with Crippen molar-refractivity contribution in [2.45, 2.75) is 20.1 Å². The van der Waals surface area contributed by atoms with Gasteiger partial charge < -0.3 is 19.8 Å². The highest BCUT2D eigenvalue weighted by Gasteiger charge is 2.14. The number of nitrogens with two attached hydrogens (primary N) is 1. The molecule has 126 valence electrons. The van der Waals surface area contributed by atoms with Gasteiger partial charge in [-0.25, -0.2) is 4.98 Å². The molecule has 24 heavy (non-hydrogen) atoms. The molecule has 7 nitrogen and oxygen atoms in total. The van der Waals surface area contributed by atoms with Crippen LogP contribution in [-0.2, 0) is 6.54 Å². The molecule has 3 rings (SSSR count). The summed E-state index contributed by atoms with van der Waals surface area (Å²) in [4.78, 5) is 12.5. The Balaban J connectivity index is 1.99. The average molecular weight is 335 g/mol. The lowest BCUT2D eigenvalue weighted by Gasteiger charge is -2.11. The largest absolute Gasteiger partial charge is 0.464 e. The standard InChI is InChI=1S/C15H15F2N5O2/c1-2-23-15-20-12(18)11-13(21-15)22(8-19-11)7-9-5-3-4-6-10(9)24-14(16)17/h3-6,8,14H,2,7H2,1H3,(H2,18,20,21). The third-order valence-corrected chi connectivity index (χ3v) is 3.27. The molecule has 0 aliphatic carbocycles. The van der Waals surface area contributed by atoms with Gasteiger partial charge in [-0.1, -0.05) is 18.2 Å². The number of anilines is 1. The number of benzene rings is 1. The number of para-hydroxylation sites is 1. The maximum atomic E-state index is 12.5. The van der Waals surface area contributed by atoms with Crippen molar-refractivity contribution >= 4 is 17.0 Å². The van der Waals surface area contributed by atoms with E-state index in [0.717, 1.165) is 0 Å². The number of hydrogen-bond acceptors (Lipinski definition) is 6. The van der Waals surface area contributed by atoms with Crippen LogP contribution in [0.25, 0.3) is 11.2 Å². The Hall–Kier alpha value is -2.97. The summed E-state index contributed by atoms with van der Waals surface area (Å²) in [6, 6.07) is 6.68. The van der Waals surface area contributed by atoms with Gasteiger partial charge in [0.05, 0.1) is 19.5 Å². The lowest BCUT2D eigenvalue weighted by Crippen LogP contribution is -2.08. The Morgan fingerprint density at radius 2 is 2.04 bits per heavy atom. The molecule has 0 bridgehead atoms. The molecule has 9 heteroatoms. The molecule has 0 fully saturated rings. The maximum Gasteiger partial charge on any atom is 0.387 e. The number of hydrogen-bond donors (Lipinski definition) is 1. The normalized spacial score (nSPS) is 11.2. The molecule has 0 aliphatic rings. The Morgan fingerprint density at radius 1 is 1.25 bits per heavy atom. The molecule has 0 spiro atoms. The van der Waals surface area contributed by atoms with Crippen LogP contribution in [0.4, 0.5) is 14.6 Å². The number of fused-ring (bicyclic) bond motifs is 1. The van der Waals surface area contributed by atoms with Crippen molar-refractivity contribution in [3.05, 3.63) is 36.2 Å². The summed E-state index contributed by atoms with van der Waals surface area (Å²) in [7, 11) is 0.